The molecule has 0 radical (unpaired) electrons. The summed E-state index contributed by atoms with van der Waals surface area (Å²) in [7, 11) is -2.74. The number of nitrogens with zero attached hydrogens (tertiary/aromatic N) is 5. The molecule has 0 aliphatic heterocycles. The maximum absolute atomic E-state index is 14.8. The minimum Gasteiger partial charge on any atom is -0.497 e. The van der Waals surface area contributed by atoms with Crippen molar-refractivity contribution in [3.8, 4) is 11.4 Å². The van der Waals surface area contributed by atoms with Gasteiger partial charge in [-0.15, -0.1) is 0 Å². The summed E-state index contributed by atoms with van der Waals surface area (Å²) in [6.07, 6.45) is -4.12. The number of hydrogen-bond donors (Lipinski definition) is 2. The minimum atomic E-state index is -4.20. The van der Waals surface area contributed by atoms with Gasteiger partial charge in [-0.05, 0) is 70.6 Å². The molecule has 0 saturated carbocycles. The summed E-state index contributed by atoms with van der Waals surface area (Å²) >= 11 is 6.77. The molecule has 0 unspecified atom stereocenters. The van der Waals surface area contributed by atoms with Crippen molar-refractivity contribution < 1.29 is 40.6 Å². The topological polar surface area (TPSA) is 149 Å². The van der Waals surface area contributed by atoms with Gasteiger partial charge in [0.05, 0.1) is 58.5 Å². The molecule has 4 aromatic carbocycles. The number of nitrogens with one attached hydrogen (secondary N) is 1. The van der Waals surface area contributed by atoms with E-state index in [4.69, 9.17) is 21.3 Å². The van der Waals surface area contributed by atoms with Crippen molar-refractivity contribution in [2.75, 3.05) is 17.7 Å². The van der Waals surface area contributed by atoms with Crippen LogP contribution >= 0.6 is 11.6 Å². The van der Waals surface area contributed by atoms with Crippen LogP contribution in [0.15, 0.2) is 77.6 Å². The Kier molecular flexibility index (Phi) is 11.3. The monoisotopic (exact) mass is 828 g/mol. The highest BCUT2D eigenvalue weighted by atomic mass is 35.5. The van der Waals surface area contributed by atoms with Crippen LogP contribution in [0.25, 0.3) is 27.5 Å². The second-order valence-corrected chi connectivity index (χ2v) is 16.7. The van der Waals surface area contributed by atoms with E-state index in [-0.39, 0.29) is 56.3 Å². The number of amides is 1. The zero-order valence-corrected chi connectivity index (χ0v) is 32.8. The molecule has 0 spiro atoms. The van der Waals surface area contributed by atoms with E-state index in [2.05, 4.69) is 10.4 Å². The van der Waals surface area contributed by atoms with Gasteiger partial charge in [0.15, 0.2) is 5.82 Å². The second kappa shape index (κ2) is 15.7. The van der Waals surface area contributed by atoms with Crippen molar-refractivity contribution in [3.05, 3.63) is 122 Å². The molecule has 0 aliphatic rings. The summed E-state index contributed by atoms with van der Waals surface area (Å²) < 4.78 is 92.4. The van der Waals surface area contributed by atoms with Gasteiger partial charge in [0.2, 0.25) is 10.0 Å². The van der Waals surface area contributed by atoms with Crippen LogP contribution in [-0.2, 0) is 34.9 Å². The van der Waals surface area contributed by atoms with Crippen molar-refractivity contribution in [2.24, 2.45) is 0 Å². The van der Waals surface area contributed by atoms with E-state index in [1.54, 1.807) is 36.4 Å². The third-order valence-electron chi connectivity index (χ3n) is 9.21. The molecule has 6 aromatic rings. The molecule has 6 rings (SSSR count). The van der Waals surface area contributed by atoms with Crippen LogP contribution in [0.2, 0.25) is 5.02 Å². The molecule has 0 fully saturated rings. The third kappa shape index (κ3) is 8.68. The van der Waals surface area contributed by atoms with Gasteiger partial charge in [0, 0.05) is 12.5 Å². The van der Waals surface area contributed by atoms with Crippen LogP contribution in [0, 0.1) is 11.6 Å². The number of aromatic nitrogens is 4. The van der Waals surface area contributed by atoms with E-state index in [0.29, 0.717) is 17.4 Å². The Hall–Kier alpha value is -5.68. The number of benzene rings is 4. The Balaban J connectivity index is 1.70. The number of methoxy groups -OCH3 is 1. The van der Waals surface area contributed by atoms with Crippen LogP contribution in [-0.4, -0.2) is 58.7 Å². The number of anilines is 1. The highest BCUT2D eigenvalue weighted by Crippen LogP contribution is 2.39. The van der Waals surface area contributed by atoms with Crippen LogP contribution < -0.4 is 19.9 Å². The van der Waals surface area contributed by atoms with E-state index in [1.165, 1.54) is 25.3 Å². The molecule has 2 aromatic heterocycles. The van der Waals surface area contributed by atoms with Gasteiger partial charge in [0.1, 0.15) is 29.8 Å². The van der Waals surface area contributed by atoms with Gasteiger partial charge in [-0.3, -0.25) is 14.0 Å². The van der Waals surface area contributed by atoms with Crippen LogP contribution in [0.4, 0.5) is 28.2 Å². The number of carboxylic acid groups (broad SMARTS) is 1. The fourth-order valence-electron chi connectivity index (χ4n) is 6.56. The molecule has 0 bridgehead atoms. The Morgan fingerprint density at radius 3 is 2.25 bits per heavy atom. The molecular weight excluding hydrogens is 792 g/mol. The zero-order valence-electron chi connectivity index (χ0n) is 31.2. The lowest BCUT2D eigenvalue weighted by molar-refractivity contribution is 0.123. The number of carbonyl (C=O) groups is 1. The average molecular weight is 829 g/mol. The van der Waals surface area contributed by atoms with Crippen LogP contribution in [0.5, 0.6) is 5.75 Å². The number of fused-ring (bicyclic) bond motifs is 2. The predicted octanol–water partition coefficient (Wildman–Crippen LogP) is 7.76. The Morgan fingerprint density at radius 2 is 1.67 bits per heavy atom. The summed E-state index contributed by atoms with van der Waals surface area (Å²) in [4.78, 5) is 31.9. The Labute approximate surface area is 329 Å². The number of rotatable bonds is 12. The minimum absolute atomic E-state index is 0.00388. The van der Waals surface area contributed by atoms with E-state index >= 15 is 0 Å². The first-order chi connectivity index (χ1) is 26.7. The number of sulfonamides is 1. The molecule has 57 heavy (non-hydrogen) atoms. The average Bonchev–Trinajstić information content (AvgIpc) is 3.48. The van der Waals surface area contributed by atoms with E-state index in [9.17, 15) is 40.7 Å². The number of ether oxygens (including phenoxy) is 1. The molecule has 2 heterocycles. The van der Waals surface area contributed by atoms with Gasteiger partial charge >= 0.3 is 6.09 Å². The molecule has 18 heteroatoms. The molecule has 0 saturated heterocycles. The SMILES string of the molecule is COc1ccc(CN(c2nn(CC(F)F)c3c(-n4c([C@H](Cc5cc(F)cc(F)c5)NC(=O)O)nc5cc(C(C)(C)C)ccc5c4=O)ccc(Cl)c23)S(C)(=O)=O)cc1. The second-order valence-electron chi connectivity index (χ2n) is 14.4. The molecule has 300 valence electrons. The summed E-state index contributed by atoms with van der Waals surface area (Å²) in [5.74, 6) is -1.98. The lowest BCUT2D eigenvalue weighted by atomic mass is 9.86. The fourth-order valence-corrected chi connectivity index (χ4v) is 7.63. The van der Waals surface area contributed by atoms with Crippen molar-refractivity contribution in [2.45, 2.75) is 58.2 Å². The molecule has 1 amide bonds. The van der Waals surface area contributed by atoms with Gasteiger partial charge in [-0.1, -0.05) is 50.6 Å². The molecule has 1 atom stereocenters. The summed E-state index contributed by atoms with van der Waals surface area (Å²) in [6, 6.07) is 15.1. The summed E-state index contributed by atoms with van der Waals surface area (Å²) in [5, 5.41) is 16.5. The maximum atomic E-state index is 14.8. The molecule has 0 aliphatic carbocycles. The Bertz CT molecular complexity index is 2660. The van der Waals surface area contributed by atoms with Gasteiger partial charge in [-0.2, -0.15) is 5.10 Å². The first kappa shape index (κ1) is 41.0. The normalized spacial score (nSPS) is 12.7. The lowest BCUT2D eigenvalue weighted by Crippen LogP contribution is -2.35. The van der Waals surface area contributed by atoms with Gasteiger partial charge in [0.25, 0.3) is 12.0 Å². The fraction of sp³-hybridized carbons (Fsp3) is 0.282. The lowest BCUT2D eigenvalue weighted by Gasteiger charge is -2.24. The van der Waals surface area contributed by atoms with E-state index < -0.39 is 64.2 Å². The molecular formula is C39H37ClF4N6O6S. The van der Waals surface area contributed by atoms with Gasteiger partial charge in [-0.25, -0.2) is 40.1 Å². The highest BCUT2D eigenvalue weighted by molar-refractivity contribution is 7.92. The predicted molar refractivity (Wildman–Crippen MR) is 208 cm³/mol. The number of halogens is 5. The highest BCUT2D eigenvalue weighted by Gasteiger charge is 2.31. The largest absolute Gasteiger partial charge is 0.497 e. The maximum Gasteiger partial charge on any atom is 0.405 e. The third-order valence-corrected chi connectivity index (χ3v) is 10.6. The number of hydrogen-bond acceptors (Lipinski definition) is 7. The van der Waals surface area contributed by atoms with Crippen molar-refractivity contribution >= 4 is 55.3 Å². The standard InChI is InChI=1S/C39H37ClF4N6O6S/c1-39(2,3)23-8-11-27-29(17-23)45-35(30(46-38(52)53)16-22-14-24(41)18-25(42)15-22)50(37(27)51)31-13-12-28(40)33-34(31)48(20-32(43)44)47-36(33)49(57(5,54)55)19-21-6-9-26(56-4)10-7-21/h6-15,17-18,30,32,46H,16,19-20H2,1-5H3,(H,52,53)/t30-/m0/s1. The first-order valence-electron chi connectivity index (χ1n) is 17.3. The quantitative estimate of drug-likeness (QED) is 0.119. The van der Waals surface area contributed by atoms with Crippen molar-refractivity contribution in [1.29, 1.82) is 0 Å². The van der Waals surface area contributed by atoms with Gasteiger partial charge < -0.3 is 15.2 Å². The van der Waals surface area contributed by atoms with Crippen LogP contribution in [0.1, 0.15) is 49.3 Å². The van der Waals surface area contributed by atoms with E-state index in [0.717, 1.165) is 37.5 Å². The summed E-state index contributed by atoms with van der Waals surface area (Å²) in [5.41, 5.74) is -0.154. The molecule has 12 nitrogen and oxygen atoms in total. The summed E-state index contributed by atoms with van der Waals surface area (Å²) in [6.45, 7) is 4.42. The molecule has 2 N–H and O–H groups in total. The first-order valence-corrected chi connectivity index (χ1v) is 19.6. The number of alkyl halides is 2. The smallest absolute Gasteiger partial charge is 0.405 e. The van der Waals surface area contributed by atoms with Crippen molar-refractivity contribution in [1.82, 2.24) is 24.6 Å². The zero-order chi connectivity index (χ0) is 41.6. The van der Waals surface area contributed by atoms with Crippen LogP contribution in [0.3, 0.4) is 0 Å². The Morgan fingerprint density at radius 1 is 1.00 bits per heavy atom. The van der Waals surface area contributed by atoms with Crippen molar-refractivity contribution in [3.63, 3.8) is 0 Å². The van der Waals surface area contributed by atoms with E-state index in [1.807, 2.05) is 20.8 Å².